The van der Waals surface area contributed by atoms with Gasteiger partial charge in [-0.25, -0.2) is 0 Å². The first-order valence-electron chi connectivity index (χ1n) is 5.52. The van der Waals surface area contributed by atoms with E-state index in [1.165, 1.54) is 0 Å². The van der Waals surface area contributed by atoms with Crippen molar-refractivity contribution in [2.24, 2.45) is 0 Å². The molecule has 1 heterocycles. The molecule has 0 bridgehead atoms. The number of aromatic nitrogens is 1. The highest BCUT2D eigenvalue weighted by Gasteiger charge is 1.93. The molecule has 0 saturated carbocycles. The molecule has 0 amide bonds. The van der Waals surface area contributed by atoms with E-state index in [9.17, 15) is 0 Å². The first kappa shape index (κ1) is 12.2. The van der Waals surface area contributed by atoms with Gasteiger partial charge in [0.2, 0.25) is 0 Å². The second kappa shape index (κ2) is 7.46. The highest BCUT2D eigenvalue weighted by molar-refractivity contribution is 5.18. The molecule has 0 saturated heterocycles. The van der Waals surface area contributed by atoms with Gasteiger partial charge >= 0.3 is 0 Å². The normalized spacial score (nSPS) is 8.88. The van der Waals surface area contributed by atoms with Gasteiger partial charge in [-0.1, -0.05) is 44.2 Å². The van der Waals surface area contributed by atoms with Crippen LogP contribution >= 0.6 is 0 Å². The Hall–Kier alpha value is -1.83. The van der Waals surface area contributed by atoms with Crippen molar-refractivity contribution < 1.29 is 4.74 Å². The van der Waals surface area contributed by atoms with Gasteiger partial charge in [0.15, 0.2) is 0 Å². The third-order valence-electron chi connectivity index (χ3n) is 1.88. The number of benzene rings is 1. The van der Waals surface area contributed by atoms with Crippen LogP contribution in [-0.2, 0) is 6.61 Å². The average Bonchev–Trinajstić information content (AvgIpc) is 2.41. The molecule has 1 aromatic heterocycles. The van der Waals surface area contributed by atoms with E-state index in [4.69, 9.17) is 4.74 Å². The minimum Gasteiger partial charge on any atom is -0.487 e. The summed E-state index contributed by atoms with van der Waals surface area (Å²) in [6, 6.07) is 13.8. The molecule has 0 aliphatic heterocycles. The standard InChI is InChI=1S/C12H11NO.C2H6/c1-2-5-11(6-3-1)10-14-12-7-4-8-13-9-12;1-2/h1-9H,10H2;1-2H3. The number of hydrogen-bond donors (Lipinski definition) is 0. The van der Waals surface area contributed by atoms with Crippen molar-refractivity contribution >= 4 is 0 Å². The molecular formula is C14H17NO. The maximum Gasteiger partial charge on any atom is 0.138 e. The van der Waals surface area contributed by atoms with Gasteiger partial charge in [0.1, 0.15) is 12.4 Å². The van der Waals surface area contributed by atoms with Gasteiger partial charge in [0, 0.05) is 6.20 Å². The van der Waals surface area contributed by atoms with Gasteiger partial charge in [0.25, 0.3) is 0 Å². The van der Waals surface area contributed by atoms with E-state index in [1.807, 2.05) is 56.3 Å². The zero-order valence-electron chi connectivity index (χ0n) is 9.76. The lowest BCUT2D eigenvalue weighted by Gasteiger charge is -2.04. The van der Waals surface area contributed by atoms with Crippen LogP contribution in [0.15, 0.2) is 54.9 Å². The van der Waals surface area contributed by atoms with Crippen molar-refractivity contribution in [3.05, 3.63) is 60.4 Å². The second-order valence-corrected chi connectivity index (χ2v) is 2.96. The number of ether oxygens (including phenoxy) is 1. The van der Waals surface area contributed by atoms with E-state index in [-0.39, 0.29) is 0 Å². The van der Waals surface area contributed by atoms with Gasteiger partial charge in [-0.15, -0.1) is 0 Å². The van der Waals surface area contributed by atoms with Crippen molar-refractivity contribution in [1.82, 2.24) is 4.98 Å². The van der Waals surface area contributed by atoms with E-state index in [1.54, 1.807) is 12.4 Å². The summed E-state index contributed by atoms with van der Waals surface area (Å²) in [4.78, 5) is 3.97. The molecule has 2 aromatic rings. The van der Waals surface area contributed by atoms with Gasteiger partial charge in [-0.2, -0.15) is 0 Å². The molecule has 0 unspecified atom stereocenters. The van der Waals surface area contributed by atoms with Crippen LogP contribution in [0.3, 0.4) is 0 Å². The molecule has 0 spiro atoms. The maximum atomic E-state index is 5.53. The third-order valence-corrected chi connectivity index (χ3v) is 1.88. The van der Waals surface area contributed by atoms with Crippen LogP contribution in [0, 0.1) is 0 Å². The Morgan fingerprint density at radius 3 is 2.38 bits per heavy atom. The fraction of sp³-hybridized carbons (Fsp3) is 0.214. The van der Waals surface area contributed by atoms with Crippen molar-refractivity contribution in [3.63, 3.8) is 0 Å². The molecular weight excluding hydrogens is 198 g/mol. The van der Waals surface area contributed by atoms with E-state index in [0.717, 1.165) is 11.3 Å². The lowest BCUT2D eigenvalue weighted by molar-refractivity contribution is 0.305. The first-order chi connectivity index (χ1) is 7.95. The van der Waals surface area contributed by atoms with Crippen LogP contribution in [0.5, 0.6) is 5.75 Å². The van der Waals surface area contributed by atoms with E-state index in [2.05, 4.69) is 4.98 Å². The van der Waals surface area contributed by atoms with Crippen molar-refractivity contribution in [1.29, 1.82) is 0 Å². The molecule has 2 rings (SSSR count). The van der Waals surface area contributed by atoms with Crippen LogP contribution in [0.25, 0.3) is 0 Å². The molecule has 2 nitrogen and oxygen atoms in total. The van der Waals surface area contributed by atoms with E-state index in [0.29, 0.717) is 6.61 Å². The zero-order chi connectivity index (χ0) is 11.6. The molecule has 2 heteroatoms. The largest absolute Gasteiger partial charge is 0.487 e. The molecule has 0 fully saturated rings. The smallest absolute Gasteiger partial charge is 0.138 e. The monoisotopic (exact) mass is 215 g/mol. The Morgan fingerprint density at radius 2 is 1.75 bits per heavy atom. The maximum absolute atomic E-state index is 5.53. The molecule has 84 valence electrons. The Balaban J connectivity index is 0.000000606. The molecule has 0 radical (unpaired) electrons. The van der Waals surface area contributed by atoms with Crippen LogP contribution in [0.2, 0.25) is 0 Å². The zero-order valence-corrected chi connectivity index (χ0v) is 9.76. The predicted molar refractivity (Wildman–Crippen MR) is 66.4 cm³/mol. The van der Waals surface area contributed by atoms with Crippen molar-refractivity contribution in [2.45, 2.75) is 20.5 Å². The minimum atomic E-state index is 0.590. The Kier molecular flexibility index (Phi) is 5.71. The van der Waals surface area contributed by atoms with Gasteiger partial charge in [-0.3, -0.25) is 4.98 Å². The number of pyridine rings is 1. The lowest BCUT2D eigenvalue weighted by atomic mass is 10.2. The molecule has 1 aromatic carbocycles. The first-order valence-corrected chi connectivity index (χ1v) is 5.52. The molecule has 0 atom stereocenters. The highest BCUT2D eigenvalue weighted by Crippen LogP contribution is 2.09. The third kappa shape index (κ3) is 4.13. The number of nitrogens with zero attached hydrogens (tertiary/aromatic N) is 1. The number of rotatable bonds is 3. The van der Waals surface area contributed by atoms with Crippen LogP contribution in [0.1, 0.15) is 19.4 Å². The summed E-state index contributed by atoms with van der Waals surface area (Å²) in [7, 11) is 0. The summed E-state index contributed by atoms with van der Waals surface area (Å²) < 4.78 is 5.53. The Labute approximate surface area is 96.9 Å². The van der Waals surface area contributed by atoms with Crippen molar-refractivity contribution in [2.75, 3.05) is 0 Å². The van der Waals surface area contributed by atoms with Crippen molar-refractivity contribution in [3.8, 4) is 5.75 Å². The summed E-state index contributed by atoms with van der Waals surface area (Å²) in [5.74, 6) is 0.802. The summed E-state index contributed by atoms with van der Waals surface area (Å²) in [6.45, 7) is 4.59. The second-order valence-electron chi connectivity index (χ2n) is 2.96. The summed E-state index contributed by atoms with van der Waals surface area (Å²) >= 11 is 0. The van der Waals surface area contributed by atoms with Crippen LogP contribution in [-0.4, -0.2) is 4.98 Å². The quantitative estimate of drug-likeness (QED) is 0.779. The Bertz CT molecular complexity index is 333. The number of hydrogen-bond acceptors (Lipinski definition) is 2. The van der Waals surface area contributed by atoms with Crippen LogP contribution < -0.4 is 4.74 Å². The van der Waals surface area contributed by atoms with Crippen LogP contribution in [0.4, 0.5) is 0 Å². The van der Waals surface area contributed by atoms with Gasteiger partial charge in [-0.05, 0) is 17.7 Å². The molecule has 0 aliphatic rings. The predicted octanol–water partition coefficient (Wildman–Crippen LogP) is 3.69. The summed E-state index contributed by atoms with van der Waals surface area (Å²) in [6.07, 6.45) is 3.44. The lowest BCUT2D eigenvalue weighted by Crippen LogP contribution is -1.94. The fourth-order valence-corrected chi connectivity index (χ4v) is 1.17. The van der Waals surface area contributed by atoms with E-state index < -0.39 is 0 Å². The fourth-order valence-electron chi connectivity index (χ4n) is 1.17. The SMILES string of the molecule is CC.c1ccc(COc2cccnc2)cc1. The molecule has 0 aliphatic carbocycles. The highest BCUT2D eigenvalue weighted by atomic mass is 16.5. The van der Waals surface area contributed by atoms with Gasteiger partial charge in [0.05, 0.1) is 6.20 Å². The minimum absolute atomic E-state index is 0.590. The Morgan fingerprint density at radius 1 is 1.00 bits per heavy atom. The summed E-state index contributed by atoms with van der Waals surface area (Å²) in [5.41, 5.74) is 1.16. The average molecular weight is 215 g/mol. The van der Waals surface area contributed by atoms with E-state index >= 15 is 0 Å². The molecule has 0 N–H and O–H groups in total. The molecule has 16 heavy (non-hydrogen) atoms. The summed E-state index contributed by atoms with van der Waals surface area (Å²) in [5, 5.41) is 0. The van der Waals surface area contributed by atoms with Gasteiger partial charge < -0.3 is 4.74 Å². The topological polar surface area (TPSA) is 22.1 Å².